The number of benzene rings is 4. The number of halogens is 4. The van der Waals surface area contributed by atoms with Crippen molar-refractivity contribution in [1.29, 1.82) is 10.5 Å². The van der Waals surface area contributed by atoms with Crippen LogP contribution in [0.15, 0.2) is 97.6 Å². The molecule has 6 aromatic rings. The number of rotatable bonds is 23. The number of nitriles is 2. The molecule has 0 saturated carbocycles. The predicted molar refractivity (Wildman–Crippen MR) is 265 cm³/mol. The van der Waals surface area contributed by atoms with E-state index in [9.17, 15) is 29.5 Å². The number of nitrogens with zero attached hydrogens (tertiary/aromatic N) is 4. The van der Waals surface area contributed by atoms with Crippen molar-refractivity contribution in [3.05, 3.63) is 163 Å². The van der Waals surface area contributed by atoms with Crippen LogP contribution in [0.1, 0.15) is 83.3 Å². The Labute approximate surface area is 417 Å². The maximum Gasteiger partial charge on any atom is 0.142 e. The summed E-state index contributed by atoms with van der Waals surface area (Å²) in [5, 5.41) is 45.6. The van der Waals surface area contributed by atoms with E-state index in [4.69, 9.17) is 42.1 Å². The Morgan fingerprint density at radius 1 is 0.571 bits per heavy atom. The molecule has 2 aromatic heterocycles. The van der Waals surface area contributed by atoms with E-state index >= 15 is 0 Å². The molecule has 6 rings (SSSR count). The molecule has 2 unspecified atom stereocenters. The van der Waals surface area contributed by atoms with Crippen LogP contribution in [-0.2, 0) is 39.5 Å². The van der Waals surface area contributed by atoms with Gasteiger partial charge in [0.15, 0.2) is 0 Å². The fourth-order valence-electron chi connectivity index (χ4n) is 7.24. The van der Waals surface area contributed by atoms with Crippen molar-refractivity contribution in [3.63, 3.8) is 0 Å². The molecule has 12 nitrogen and oxygen atoms in total. The Hall–Kier alpha value is -6.36. The van der Waals surface area contributed by atoms with Gasteiger partial charge in [-0.05, 0) is 99.2 Å². The molecule has 0 spiro atoms. The van der Waals surface area contributed by atoms with E-state index in [0.29, 0.717) is 66.4 Å². The van der Waals surface area contributed by atoms with Gasteiger partial charge < -0.3 is 39.8 Å². The zero-order valence-electron chi connectivity index (χ0n) is 39.9. The zero-order valence-corrected chi connectivity index (χ0v) is 41.4. The van der Waals surface area contributed by atoms with Crippen molar-refractivity contribution in [3.8, 4) is 46.3 Å². The van der Waals surface area contributed by atoms with Crippen LogP contribution in [0.2, 0.25) is 10.0 Å². The van der Waals surface area contributed by atoms with E-state index in [1.54, 1.807) is 48.8 Å². The van der Waals surface area contributed by atoms with Crippen LogP contribution in [-0.4, -0.2) is 56.8 Å². The molecule has 0 aliphatic rings. The van der Waals surface area contributed by atoms with Crippen LogP contribution in [0.4, 0.5) is 8.78 Å². The average Bonchev–Trinajstić information content (AvgIpc) is 3.33. The molecule has 0 bridgehead atoms. The van der Waals surface area contributed by atoms with Gasteiger partial charge in [0.1, 0.15) is 73.9 Å². The number of hydrogen-bond donors (Lipinski definition) is 4. The molecule has 4 aromatic carbocycles. The molecule has 0 radical (unpaired) electrons. The van der Waals surface area contributed by atoms with Gasteiger partial charge in [0.25, 0.3) is 0 Å². The van der Waals surface area contributed by atoms with E-state index in [2.05, 4.69) is 32.7 Å². The molecule has 0 amide bonds. The molecule has 0 aliphatic heterocycles. The third-order valence-electron chi connectivity index (χ3n) is 11.6. The second-order valence-corrected chi connectivity index (χ2v) is 18.8. The topological polar surface area (TPSA) is 175 Å². The second-order valence-electron chi connectivity index (χ2n) is 18.0. The molecule has 0 fully saturated rings. The molecular formula is C54H56Cl2F2N6O6. The minimum absolute atomic E-state index is 0.0933. The van der Waals surface area contributed by atoms with E-state index in [-0.39, 0.29) is 52.6 Å². The van der Waals surface area contributed by atoms with Crippen molar-refractivity contribution >= 4 is 23.2 Å². The highest BCUT2D eigenvalue weighted by atomic mass is 35.5. The summed E-state index contributed by atoms with van der Waals surface area (Å²) in [6.45, 7) is 10.4. The zero-order chi connectivity index (χ0) is 50.6. The third kappa shape index (κ3) is 14.4. The Morgan fingerprint density at radius 2 is 0.957 bits per heavy atom. The molecule has 0 saturated heterocycles. The van der Waals surface area contributed by atoms with E-state index < -0.39 is 23.5 Å². The van der Waals surface area contributed by atoms with Crippen LogP contribution in [0.5, 0.6) is 23.0 Å². The number of aromatic nitrogens is 2. The summed E-state index contributed by atoms with van der Waals surface area (Å²) in [5.41, 5.74) is 6.14. The number of aliphatic hydroxyl groups is 2. The number of pyridine rings is 2. The van der Waals surface area contributed by atoms with Crippen LogP contribution in [0.25, 0.3) is 11.1 Å². The lowest BCUT2D eigenvalue weighted by Gasteiger charge is -2.23. The van der Waals surface area contributed by atoms with Crippen molar-refractivity contribution in [2.24, 2.45) is 0 Å². The summed E-state index contributed by atoms with van der Waals surface area (Å²) in [6, 6.07) is 26.3. The summed E-state index contributed by atoms with van der Waals surface area (Å²) in [6.07, 6.45) is 3.11. The molecule has 2 heterocycles. The maximum atomic E-state index is 14.6. The molecule has 70 heavy (non-hydrogen) atoms. The Kier molecular flexibility index (Phi) is 18.2. The van der Waals surface area contributed by atoms with Crippen LogP contribution < -0.4 is 29.6 Å². The van der Waals surface area contributed by atoms with Gasteiger partial charge in [-0.15, -0.1) is 0 Å². The van der Waals surface area contributed by atoms with Gasteiger partial charge in [0.2, 0.25) is 0 Å². The Bertz CT molecular complexity index is 2670. The highest BCUT2D eigenvalue weighted by Crippen LogP contribution is 2.37. The van der Waals surface area contributed by atoms with E-state index in [1.165, 1.54) is 40.1 Å². The highest BCUT2D eigenvalue weighted by Gasteiger charge is 2.27. The molecule has 4 N–H and O–H groups in total. The van der Waals surface area contributed by atoms with Crippen LogP contribution >= 0.6 is 23.2 Å². The highest BCUT2D eigenvalue weighted by molar-refractivity contribution is 6.32. The van der Waals surface area contributed by atoms with Gasteiger partial charge in [-0.1, -0.05) is 59.6 Å². The molecule has 366 valence electrons. The standard InChI is InChI=1S/C54H56Cl2F2N6O6/c1-33-39(31-69-49-17-47(67-29-37-13-35(19-59)21-61-23-37)41(15-45(49)55)25-63-27-51(57)53(3,4)65)9-7-11-43(33)44-12-8-10-40(34(44)2)32-70-50-18-48(68-30-38-14-36(20-60)22-62-24-38)42(16-46(50)56)26-64-28-52(58)54(5,6)66/h7-18,21-24,51-52,63-66H,25-32H2,1-6H3. The van der Waals surface area contributed by atoms with Gasteiger partial charge >= 0.3 is 0 Å². The van der Waals surface area contributed by atoms with Crippen molar-refractivity contribution < 1.29 is 37.9 Å². The fourth-order valence-corrected chi connectivity index (χ4v) is 7.72. The fraction of sp³-hybridized carbons (Fsp3) is 0.333. The molecular weight excluding hydrogens is 938 g/mol. The lowest BCUT2D eigenvalue weighted by molar-refractivity contribution is -0.00260. The molecule has 16 heteroatoms. The lowest BCUT2D eigenvalue weighted by Crippen LogP contribution is -2.40. The summed E-state index contributed by atoms with van der Waals surface area (Å²) in [7, 11) is 0. The second kappa shape index (κ2) is 24.0. The predicted octanol–water partition coefficient (Wildman–Crippen LogP) is 10.5. The third-order valence-corrected chi connectivity index (χ3v) is 12.2. The first-order valence-electron chi connectivity index (χ1n) is 22.5. The average molecular weight is 994 g/mol. The van der Waals surface area contributed by atoms with Gasteiger partial charge in [-0.3, -0.25) is 9.97 Å². The molecule has 2 atom stereocenters. The smallest absolute Gasteiger partial charge is 0.142 e. The summed E-state index contributed by atoms with van der Waals surface area (Å²) >= 11 is 13.6. The Morgan fingerprint density at radius 3 is 1.33 bits per heavy atom. The van der Waals surface area contributed by atoms with E-state index in [0.717, 1.165) is 33.4 Å². The monoisotopic (exact) mass is 992 g/mol. The first-order chi connectivity index (χ1) is 33.3. The van der Waals surface area contributed by atoms with E-state index in [1.807, 2.05) is 50.2 Å². The van der Waals surface area contributed by atoms with Gasteiger partial charge in [0.05, 0.1) is 32.4 Å². The van der Waals surface area contributed by atoms with Gasteiger partial charge in [-0.2, -0.15) is 10.5 Å². The van der Waals surface area contributed by atoms with Crippen molar-refractivity contribution in [2.75, 3.05) is 13.1 Å². The first kappa shape index (κ1) is 53.0. The Balaban J connectivity index is 1.19. The maximum absolute atomic E-state index is 14.6. The number of ether oxygens (including phenoxy) is 4. The van der Waals surface area contributed by atoms with Crippen LogP contribution in [0.3, 0.4) is 0 Å². The summed E-state index contributed by atoms with van der Waals surface area (Å²) in [5.74, 6) is 1.59. The minimum Gasteiger partial charge on any atom is -0.488 e. The van der Waals surface area contributed by atoms with Crippen molar-refractivity contribution in [2.45, 2.75) is 105 Å². The number of hydrogen-bond acceptors (Lipinski definition) is 12. The number of nitrogens with one attached hydrogen (secondary N) is 2. The lowest BCUT2D eigenvalue weighted by atomic mass is 9.92. The van der Waals surface area contributed by atoms with Gasteiger partial charge in [-0.25, -0.2) is 8.78 Å². The largest absolute Gasteiger partial charge is 0.488 e. The van der Waals surface area contributed by atoms with Gasteiger partial charge in [0, 0.05) is 85.4 Å². The summed E-state index contributed by atoms with van der Waals surface area (Å²) < 4.78 is 54.4. The normalized spacial score (nSPS) is 12.4. The quantitative estimate of drug-likeness (QED) is 0.0479. The minimum atomic E-state index is -1.52. The van der Waals surface area contributed by atoms with Crippen LogP contribution in [0, 0.1) is 36.5 Å². The summed E-state index contributed by atoms with van der Waals surface area (Å²) in [4.78, 5) is 8.25. The molecule has 0 aliphatic carbocycles. The number of alkyl halides is 2. The first-order valence-corrected chi connectivity index (χ1v) is 23.3. The SMILES string of the molecule is Cc1c(COc2cc(OCc3cncc(C#N)c3)c(CNCC(F)C(C)(C)O)cc2Cl)cccc1-c1cccc(COc2cc(OCc3cncc(C#N)c3)c(CNCC(F)C(C)(C)O)cc2Cl)c1C. The van der Waals surface area contributed by atoms with Crippen molar-refractivity contribution in [1.82, 2.24) is 20.6 Å².